The predicted octanol–water partition coefficient (Wildman–Crippen LogP) is 6.93. The molecule has 3 heterocycles. The number of aryl methyl sites for hydroxylation is 1. The summed E-state index contributed by atoms with van der Waals surface area (Å²) >= 11 is 0. The topological polar surface area (TPSA) is 60.9 Å². The molecule has 2 fully saturated rings. The molecule has 10 heteroatoms. The molecule has 0 bridgehead atoms. The molecule has 7 nitrogen and oxygen atoms in total. The summed E-state index contributed by atoms with van der Waals surface area (Å²) in [6.45, 7) is 11.2. The Balaban J connectivity index is 1.45. The van der Waals surface area contributed by atoms with Crippen LogP contribution in [0.4, 0.5) is 36.2 Å². The molecule has 1 atom stereocenters. The number of rotatable bonds is 6. The summed E-state index contributed by atoms with van der Waals surface area (Å²) in [4.78, 5) is 23.8. The van der Waals surface area contributed by atoms with Crippen LogP contribution in [0.25, 0.3) is 0 Å². The van der Waals surface area contributed by atoms with Crippen molar-refractivity contribution in [2.75, 3.05) is 55.0 Å². The van der Waals surface area contributed by atoms with Gasteiger partial charge in [0.1, 0.15) is 23.4 Å². The van der Waals surface area contributed by atoms with E-state index in [9.17, 15) is 18.0 Å². The molecule has 0 radical (unpaired) electrons. The van der Waals surface area contributed by atoms with E-state index in [2.05, 4.69) is 48.0 Å². The number of hydrogen-bond donors (Lipinski definition) is 1. The molecule has 2 aliphatic rings. The van der Waals surface area contributed by atoms with Gasteiger partial charge >= 0.3 is 6.18 Å². The van der Waals surface area contributed by atoms with E-state index in [0.717, 1.165) is 46.2 Å². The summed E-state index contributed by atoms with van der Waals surface area (Å²) in [5.74, 6) is 1.16. The Morgan fingerprint density at radius 2 is 1.60 bits per heavy atom. The molecule has 2 saturated heterocycles. The van der Waals surface area contributed by atoms with Crippen molar-refractivity contribution < 1.29 is 22.7 Å². The van der Waals surface area contributed by atoms with Gasteiger partial charge in [-0.05, 0) is 78.8 Å². The Morgan fingerprint density at radius 3 is 2.23 bits per heavy atom. The van der Waals surface area contributed by atoms with Crippen LogP contribution < -0.4 is 19.9 Å². The van der Waals surface area contributed by atoms with Crippen LogP contribution in [0, 0.1) is 6.92 Å². The molecule has 3 aromatic rings. The lowest BCUT2D eigenvalue weighted by molar-refractivity contribution is -0.169. The summed E-state index contributed by atoms with van der Waals surface area (Å²) in [6.07, 6.45) is -4.22. The number of nitrogens with zero attached hydrogens (tertiary/aromatic N) is 4. The highest BCUT2D eigenvalue weighted by molar-refractivity contribution is 5.96. The van der Waals surface area contributed by atoms with Crippen molar-refractivity contribution in [1.29, 1.82) is 0 Å². The number of pyridine rings is 1. The summed E-state index contributed by atoms with van der Waals surface area (Å²) < 4.78 is 46.6. The van der Waals surface area contributed by atoms with Gasteiger partial charge in [-0.15, -0.1) is 0 Å². The second-order valence-corrected chi connectivity index (χ2v) is 12.4. The Labute approximate surface area is 251 Å². The van der Waals surface area contributed by atoms with Crippen molar-refractivity contribution in [2.24, 2.45) is 0 Å². The largest absolute Gasteiger partial charge is 0.497 e. The highest BCUT2D eigenvalue weighted by atomic mass is 19.4. The fourth-order valence-electron chi connectivity index (χ4n) is 5.73. The van der Waals surface area contributed by atoms with Gasteiger partial charge in [-0.1, -0.05) is 32.9 Å². The average Bonchev–Trinajstić information content (AvgIpc) is 3.48. The van der Waals surface area contributed by atoms with Crippen LogP contribution in [-0.4, -0.2) is 67.8 Å². The molecule has 1 N–H and O–H groups in total. The van der Waals surface area contributed by atoms with E-state index >= 15 is 0 Å². The van der Waals surface area contributed by atoms with Gasteiger partial charge in [-0.3, -0.25) is 4.79 Å². The van der Waals surface area contributed by atoms with Crippen molar-refractivity contribution in [1.82, 2.24) is 9.88 Å². The molecule has 1 amide bonds. The van der Waals surface area contributed by atoms with E-state index in [1.807, 2.05) is 37.3 Å². The number of likely N-dealkylation sites (tertiary alicyclic amines) is 1. The van der Waals surface area contributed by atoms with E-state index in [1.54, 1.807) is 19.2 Å². The van der Waals surface area contributed by atoms with Crippen LogP contribution in [0.3, 0.4) is 0 Å². The first-order valence-corrected chi connectivity index (χ1v) is 14.8. The van der Waals surface area contributed by atoms with Crippen LogP contribution in [0.15, 0.2) is 54.6 Å². The SMILES string of the molecule is COc1ccc(N2CCN(c3cc(C(=O)N4CCCC4C(F)(F)F)cc(Nc4cc(C(C)(C)C)ccc4C)n3)CC2)cc1. The van der Waals surface area contributed by atoms with Gasteiger partial charge in [-0.2, -0.15) is 13.2 Å². The van der Waals surface area contributed by atoms with E-state index < -0.39 is 18.1 Å². The number of benzene rings is 2. The van der Waals surface area contributed by atoms with E-state index in [0.29, 0.717) is 31.1 Å². The second kappa shape index (κ2) is 12.0. The maximum atomic E-state index is 13.8. The summed E-state index contributed by atoms with van der Waals surface area (Å²) in [6, 6.07) is 15.5. The van der Waals surface area contributed by atoms with Gasteiger partial charge in [0, 0.05) is 49.7 Å². The molecule has 2 aromatic carbocycles. The Hall–Kier alpha value is -3.95. The maximum Gasteiger partial charge on any atom is 0.408 e. The Bertz CT molecular complexity index is 1440. The van der Waals surface area contributed by atoms with Gasteiger partial charge < -0.3 is 24.8 Å². The minimum Gasteiger partial charge on any atom is -0.497 e. The lowest BCUT2D eigenvalue weighted by atomic mass is 9.86. The molecule has 0 aliphatic carbocycles. The first-order chi connectivity index (χ1) is 20.3. The van der Waals surface area contributed by atoms with E-state index in [1.165, 1.54) is 0 Å². The quantitative estimate of drug-likeness (QED) is 0.334. The number of amides is 1. The third-order valence-electron chi connectivity index (χ3n) is 8.36. The predicted molar refractivity (Wildman–Crippen MR) is 165 cm³/mol. The molecule has 5 rings (SSSR count). The van der Waals surface area contributed by atoms with Gasteiger partial charge in [0.25, 0.3) is 5.91 Å². The molecule has 1 aromatic heterocycles. The first-order valence-electron chi connectivity index (χ1n) is 14.8. The number of aromatic nitrogens is 1. The maximum absolute atomic E-state index is 13.8. The van der Waals surface area contributed by atoms with Crippen LogP contribution in [0.2, 0.25) is 0 Å². The van der Waals surface area contributed by atoms with Crippen LogP contribution in [0.5, 0.6) is 5.75 Å². The third kappa shape index (κ3) is 6.84. The molecule has 2 aliphatic heterocycles. The smallest absolute Gasteiger partial charge is 0.408 e. The van der Waals surface area contributed by atoms with Crippen molar-refractivity contribution in [3.63, 3.8) is 0 Å². The number of carbonyl (C=O) groups is 1. The number of carbonyl (C=O) groups excluding carboxylic acids is 1. The van der Waals surface area contributed by atoms with Crippen molar-refractivity contribution in [3.05, 3.63) is 71.3 Å². The molecule has 0 spiro atoms. The molecule has 43 heavy (non-hydrogen) atoms. The van der Waals surface area contributed by atoms with Crippen LogP contribution in [-0.2, 0) is 5.41 Å². The first kappa shape index (κ1) is 30.5. The molecule has 230 valence electrons. The summed E-state index contributed by atoms with van der Waals surface area (Å²) in [7, 11) is 1.64. The van der Waals surface area contributed by atoms with Crippen LogP contribution in [0.1, 0.15) is 55.1 Å². The average molecular weight is 596 g/mol. The zero-order chi connectivity index (χ0) is 30.9. The van der Waals surface area contributed by atoms with E-state index in [-0.39, 0.29) is 23.9 Å². The lowest BCUT2D eigenvalue weighted by Gasteiger charge is -2.37. The number of halogens is 3. The van der Waals surface area contributed by atoms with Gasteiger partial charge in [0.05, 0.1) is 7.11 Å². The number of ether oxygens (including phenoxy) is 1. The minimum atomic E-state index is -4.47. The molecule has 0 saturated carbocycles. The normalized spacial score (nSPS) is 17.8. The third-order valence-corrected chi connectivity index (χ3v) is 8.36. The number of piperazine rings is 1. The lowest BCUT2D eigenvalue weighted by Crippen LogP contribution is -2.47. The van der Waals surface area contributed by atoms with Gasteiger partial charge in [0.15, 0.2) is 0 Å². The van der Waals surface area contributed by atoms with E-state index in [4.69, 9.17) is 9.72 Å². The monoisotopic (exact) mass is 595 g/mol. The standard InChI is InChI=1S/C33H40F3N5O2/c1-22-8-9-24(32(2,3)4)21-27(22)37-29-19-23(31(42)41-14-6-7-28(41)33(34,35)36)20-30(38-29)40-17-15-39(16-18-40)25-10-12-26(43-5)13-11-25/h8-13,19-21,28H,6-7,14-18H2,1-5H3,(H,37,38). The molecular weight excluding hydrogens is 555 g/mol. The van der Waals surface area contributed by atoms with Crippen molar-refractivity contribution in [3.8, 4) is 5.75 Å². The Kier molecular flexibility index (Phi) is 8.49. The fraction of sp³-hybridized carbons (Fsp3) is 0.455. The van der Waals surface area contributed by atoms with Crippen molar-refractivity contribution in [2.45, 2.75) is 58.2 Å². The highest BCUT2D eigenvalue weighted by Gasteiger charge is 2.48. The molecular formula is C33H40F3N5O2. The number of anilines is 4. The van der Waals surface area contributed by atoms with Crippen molar-refractivity contribution >= 4 is 28.9 Å². The number of methoxy groups -OCH3 is 1. The Morgan fingerprint density at radius 1 is 0.930 bits per heavy atom. The molecule has 1 unspecified atom stereocenters. The zero-order valence-electron chi connectivity index (χ0n) is 25.5. The number of hydrogen-bond acceptors (Lipinski definition) is 6. The minimum absolute atomic E-state index is 0.0769. The fourth-order valence-corrected chi connectivity index (χ4v) is 5.73. The number of alkyl halides is 3. The van der Waals surface area contributed by atoms with Gasteiger partial charge in [0.2, 0.25) is 0 Å². The second-order valence-electron chi connectivity index (χ2n) is 12.4. The number of nitrogens with one attached hydrogen (secondary N) is 1. The summed E-state index contributed by atoms with van der Waals surface area (Å²) in [5.41, 5.74) is 4.18. The zero-order valence-corrected chi connectivity index (χ0v) is 25.5. The van der Waals surface area contributed by atoms with Gasteiger partial charge in [-0.25, -0.2) is 4.98 Å². The summed E-state index contributed by atoms with van der Waals surface area (Å²) in [5, 5.41) is 3.38. The highest BCUT2D eigenvalue weighted by Crippen LogP contribution is 2.35. The van der Waals surface area contributed by atoms with Crippen LogP contribution >= 0.6 is 0 Å².